The smallest absolute Gasteiger partial charge is 0.105 e. The molecule has 1 unspecified atom stereocenters. The second-order valence-electron chi connectivity index (χ2n) is 4.61. The number of rotatable bonds is 5. The Bertz CT molecular complexity index is 301. The molecule has 1 heterocycles. The molecule has 0 spiro atoms. The van der Waals surface area contributed by atoms with Gasteiger partial charge in [-0.05, 0) is 38.8 Å². The Hall–Kier alpha value is -0.760. The molecule has 0 saturated heterocycles. The van der Waals surface area contributed by atoms with Crippen molar-refractivity contribution in [3.8, 4) is 0 Å². The summed E-state index contributed by atoms with van der Waals surface area (Å²) in [6.45, 7) is 11.7. The minimum atomic E-state index is 0.437. The van der Waals surface area contributed by atoms with Crippen LogP contribution in [-0.2, 0) is 0 Å². The van der Waals surface area contributed by atoms with Crippen molar-refractivity contribution >= 4 is 0 Å². The van der Waals surface area contributed by atoms with Crippen molar-refractivity contribution in [1.82, 2.24) is 5.32 Å². The lowest BCUT2D eigenvalue weighted by Crippen LogP contribution is -2.22. The van der Waals surface area contributed by atoms with Crippen LogP contribution >= 0.6 is 0 Å². The van der Waals surface area contributed by atoms with Crippen LogP contribution in [0.5, 0.6) is 0 Å². The van der Waals surface area contributed by atoms with Gasteiger partial charge in [0.25, 0.3) is 0 Å². The molecule has 0 fully saturated rings. The summed E-state index contributed by atoms with van der Waals surface area (Å²) in [7, 11) is 0. The van der Waals surface area contributed by atoms with E-state index in [4.69, 9.17) is 4.42 Å². The van der Waals surface area contributed by atoms with Crippen LogP contribution in [0.25, 0.3) is 0 Å². The number of furan rings is 1. The molecule has 0 aromatic carbocycles. The van der Waals surface area contributed by atoms with Gasteiger partial charge in [0.1, 0.15) is 11.5 Å². The highest BCUT2D eigenvalue weighted by atomic mass is 16.3. The first-order valence-electron chi connectivity index (χ1n) is 5.84. The Labute approximate surface area is 93.1 Å². The molecule has 0 amide bonds. The highest BCUT2D eigenvalue weighted by Gasteiger charge is 2.17. The summed E-state index contributed by atoms with van der Waals surface area (Å²) >= 11 is 0. The zero-order valence-corrected chi connectivity index (χ0v) is 10.6. The van der Waals surface area contributed by atoms with Crippen molar-refractivity contribution in [3.63, 3.8) is 0 Å². The third-order valence-corrected chi connectivity index (χ3v) is 2.61. The van der Waals surface area contributed by atoms with E-state index >= 15 is 0 Å². The van der Waals surface area contributed by atoms with E-state index in [0.29, 0.717) is 12.0 Å². The molecule has 1 atom stereocenters. The SMILES string of the molecule is CCNC(CC(C)C)c1cc(C)oc1C. The van der Waals surface area contributed by atoms with Crippen LogP contribution in [0.4, 0.5) is 0 Å². The first kappa shape index (κ1) is 12.3. The Morgan fingerprint density at radius 3 is 2.40 bits per heavy atom. The molecular weight excluding hydrogens is 186 g/mol. The van der Waals surface area contributed by atoms with Gasteiger partial charge >= 0.3 is 0 Å². The van der Waals surface area contributed by atoms with E-state index < -0.39 is 0 Å². The van der Waals surface area contributed by atoms with Gasteiger partial charge in [-0.25, -0.2) is 0 Å². The van der Waals surface area contributed by atoms with E-state index in [1.165, 1.54) is 5.56 Å². The van der Waals surface area contributed by atoms with E-state index in [0.717, 1.165) is 24.5 Å². The molecule has 1 rings (SSSR count). The lowest BCUT2D eigenvalue weighted by molar-refractivity contribution is 0.427. The lowest BCUT2D eigenvalue weighted by atomic mass is 9.97. The van der Waals surface area contributed by atoms with Gasteiger partial charge in [0.2, 0.25) is 0 Å². The molecule has 15 heavy (non-hydrogen) atoms. The normalized spacial score (nSPS) is 13.5. The van der Waals surface area contributed by atoms with Crippen molar-refractivity contribution < 1.29 is 4.42 Å². The fraction of sp³-hybridized carbons (Fsp3) is 0.692. The lowest BCUT2D eigenvalue weighted by Gasteiger charge is -2.19. The molecule has 0 aliphatic heterocycles. The average molecular weight is 209 g/mol. The average Bonchev–Trinajstić information content (AvgIpc) is 2.44. The maximum Gasteiger partial charge on any atom is 0.105 e. The molecule has 1 aromatic rings. The molecular formula is C13H23NO. The van der Waals surface area contributed by atoms with E-state index in [-0.39, 0.29) is 0 Å². The summed E-state index contributed by atoms with van der Waals surface area (Å²) in [6, 6.07) is 2.60. The van der Waals surface area contributed by atoms with Crippen LogP contribution in [0.3, 0.4) is 0 Å². The van der Waals surface area contributed by atoms with E-state index in [1.54, 1.807) is 0 Å². The summed E-state index contributed by atoms with van der Waals surface area (Å²) in [5, 5.41) is 3.52. The van der Waals surface area contributed by atoms with Crippen LogP contribution in [0.2, 0.25) is 0 Å². The van der Waals surface area contributed by atoms with Crippen LogP contribution < -0.4 is 5.32 Å². The van der Waals surface area contributed by atoms with Crippen LogP contribution in [0.15, 0.2) is 10.5 Å². The van der Waals surface area contributed by atoms with Gasteiger partial charge in [-0.3, -0.25) is 0 Å². The number of nitrogens with one attached hydrogen (secondary N) is 1. The minimum absolute atomic E-state index is 0.437. The summed E-state index contributed by atoms with van der Waals surface area (Å²) in [6.07, 6.45) is 1.16. The van der Waals surface area contributed by atoms with E-state index in [1.807, 2.05) is 13.8 Å². The fourth-order valence-electron chi connectivity index (χ4n) is 2.03. The van der Waals surface area contributed by atoms with Crippen molar-refractivity contribution in [1.29, 1.82) is 0 Å². The van der Waals surface area contributed by atoms with Crippen molar-refractivity contribution in [2.45, 2.75) is 47.1 Å². The Kier molecular flexibility index (Phi) is 4.40. The summed E-state index contributed by atoms with van der Waals surface area (Å²) in [4.78, 5) is 0. The monoisotopic (exact) mass is 209 g/mol. The second-order valence-corrected chi connectivity index (χ2v) is 4.61. The van der Waals surface area contributed by atoms with Crippen LogP contribution in [0.1, 0.15) is 50.3 Å². The van der Waals surface area contributed by atoms with Gasteiger partial charge in [-0.15, -0.1) is 0 Å². The third-order valence-electron chi connectivity index (χ3n) is 2.61. The Balaban J connectivity index is 2.83. The van der Waals surface area contributed by atoms with Gasteiger partial charge in [0, 0.05) is 11.6 Å². The molecule has 0 bridgehead atoms. The summed E-state index contributed by atoms with van der Waals surface area (Å²) < 4.78 is 5.58. The van der Waals surface area contributed by atoms with Gasteiger partial charge in [0.05, 0.1) is 0 Å². The topological polar surface area (TPSA) is 25.2 Å². The summed E-state index contributed by atoms with van der Waals surface area (Å²) in [5.41, 5.74) is 1.32. The Morgan fingerprint density at radius 2 is 2.00 bits per heavy atom. The van der Waals surface area contributed by atoms with Crippen molar-refractivity contribution in [2.24, 2.45) is 5.92 Å². The molecule has 2 heteroatoms. The van der Waals surface area contributed by atoms with Crippen molar-refractivity contribution in [2.75, 3.05) is 6.54 Å². The van der Waals surface area contributed by atoms with Gasteiger partial charge < -0.3 is 9.73 Å². The molecule has 0 radical (unpaired) electrons. The standard InChI is InChI=1S/C13H23NO/c1-6-14-13(7-9(2)3)12-8-10(4)15-11(12)5/h8-9,13-14H,6-7H2,1-5H3. The first-order valence-corrected chi connectivity index (χ1v) is 5.84. The Morgan fingerprint density at radius 1 is 1.33 bits per heavy atom. The van der Waals surface area contributed by atoms with E-state index in [2.05, 4.69) is 32.2 Å². The predicted octanol–water partition coefficient (Wildman–Crippen LogP) is 3.59. The molecule has 1 aromatic heterocycles. The summed E-state index contributed by atoms with van der Waals surface area (Å²) in [5.74, 6) is 2.76. The van der Waals surface area contributed by atoms with Gasteiger partial charge in [-0.2, -0.15) is 0 Å². The first-order chi connectivity index (χ1) is 7.04. The fourth-order valence-corrected chi connectivity index (χ4v) is 2.03. The molecule has 0 aliphatic rings. The molecule has 0 aliphatic carbocycles. The van der Waals surface area contributed by atoms with Crippen LogP contribution in [-0.4, -0.2) is 6.54 Å². The maximum absolute atomic E-state index is 5.58. The largest absolute Gasteiger partial charge is 0.466 e. The zero-order chi connectivity index (χ0) is 11.4. The molecule has 2 nitrogen and oxygen atoms in total. The quantitative estimate of drug-likeness (QED) is 0.801. The third kappa shape index (κ3) is 3.38. The number of hydrogen-bond acceptors (Lipinski definition) is 2. The molecule has 1 N–H and O–H groups in total. The minimum Gasteiger partial charge on any atom is -0.466 e. The van der Waals surface area contributed by atoms with Gasteiger partial charge in [0.15, 0.2) is 0 Å². The highest BCUT2D eigenvalue weighted by molar-refractivity contribution is 5.24. The predicted molar refractivity (Wildman–Crippen MR) is 64.1 cm³/mol. The maximum atomic E-state index is 5.58. The molecule has 86 valence electrons. The number of hydrogen-bond donors (Lipinski definition) is 1. The highest BCUT2D eigenvalue weighted by Crippen LogP contribution is 2.26. The van der Waals surface area contributed by atoms with Crippen molar-refractivity contribution in [3.05, 3.63) is 23.2 Å². The number of aryl methyl sites for hydroxylation is 2. The van der Waals surface area contributed by atoms with Crippen LogP contribution in [0, 0.1) is 19.8 Å². The van der Waals surface area contributed by atoms with E-state index in [9.17, 15) is 0 Å². The van der Waals surface area contributed by atoms with Gasteiger partial charge in [-0.1, -0.05) is 20.8 Å². The molecule has 0 saturated carbocycles. The zero-order valence-electron chi connectivity index (χ0n) is 10.6. The second kappa shape index (κ2) is 5.36.